The summed E-state index contributed by atoms with van der Waals surface area (Å²) in [4.78, 5) is 13.5. The Morgan fingerprint density at radius 2 is 2.00 bits per heavy atom. The van der Waals surface area contributed by atoms with Crippen molar-refractivity contribution in [3.8, 4) is 0 Å². The monoisotopic (exact) mass is 335 g/mol. The zero-order valence-corrected chi connectivity index (χ0v) is 14.2. The Bertz CT molecular complexity index is 526. The molecule has 1 aliphatic carbocycles. The quantitative estimate of drug-likeness (QED) is 0.812. The summed E-state index contributed by atoms with van der Waals surface area (Å²) in [5, 5.41) is 12.0. The number of hydrogen-bond donors (Lipinski definition) is 2. The average molecular weight is 335 g/mol. The van der Waals surface area contributed by atoms with Crippen LogP contribution in [0.1, 0.15) is 48.9 Å². The normalized spacial score (nSPS) is 23.1. The Balaban J connectivity index is 1.53. The van der Waals surface area contributed by atoms with Crippen molar-refractivity contribution in [1.82, 2.24) is 5.32 Å². The first kappa shape index (κ1) is 16.8. The van der Waals surface area contributed by atoms with Crippen molar-refractivity contribution in [3.63, 3.8) is 0 Å². The molecule has 2 aliphatic rings. The highest BCUT2D eigenvalue weighted by Crippen LogP contribution is 2.39. The summed E-state index contributed by atoms with van der Waals surface area (Å²) in [6.45, 7) is 0.798. The van der Waals surface area contributed by atoms with Crippen LogP contribution < -0.4 is 5.32 Å². The van der Waals surface area contributed by atoms with Gasteiger partial charge in [0.2, 0.25) is 0 Å². The summed E-state index contributed by atoms with van der Waals surface area (Å²) in [7, 11) is 0. The van der Waals surface area contributed by atoms with E-state index in [1.165, 1.54) is 19.3 Å². The maximum absolute atomic E-state index is 12.4. The van der Waals surface area contributed by atoms with Gasteiger partial charge in [0, 0.05) is 16.2 Å². The maximum atomic E-state index is 12.4. The van der Waals surface area contributed by atoms with Crippen molar-refractivity contribution in [1.29, 1.82) is 0 Å². The molecule has 2 fully saturated rings. The number of thioether (sulfide) groups is 1. The lowest BCUT2D eigenvalue weighted by Gasteiger charge is -2.32. The molecule has 5 heteroatoms. The Labute approximate surface area is 142 Å². The molecule has 2 N–H and O–H groups in total. The molecule has 1 atom stereocenters. The van der Waals surface area contributed by atoms with E-state index in [4.69, 9.17) is 9.84 Å². The molecule has 0 bridgehead atoms. The predicted octanol–water partition coefficient (Wildman–Crippen LogP) is 2.99. The third kappa shape index (κ3) is 4.28. The summed E-state index contributed by atoms with van der Waals surface area (Å²) >= 11 is 1.59. The molecule has 0 aromatic heterocycles. The van der Waals surface area contributed by atoms with Crippen LogP contribution in [-0.4, -0.2) is 41.6 Å². The van der Waals surface area contributed by atoms with E-state index in [1.54, 1.807) is 11.8 Å². The summed E-state index contributed by atoms with van der Waals surface area (Å²) in [5.74, 6) is 0.651. The van der Waals surface area contributed by atoms with Gasteiger partial charge in [-0.3, -0.25) is 4.79 Å². The number of rotatable bonds is 5. The molecule has 23 heavy (non-hydrogen) atoms. The molecule has 1 saturated carbocycles. The van der Waals surface area contributed by atoms with Crippen molar-refractivity contribution >= 4 is 17.7 Å². The van der Waals surface area contributed by atoms with E-state index in [2.05, 4.69) is 5.32 Å². The summed E-state index contributed by atoms with van der Waals surface area (Å²) in [5.41, 5.74) is 0.712. The van der Waals surface area contributed by atoms with E-state index in [9.17, 15) is 4.79 Å². The second-order valence-corrected chi connectivity index (χ2v) is 7.69. The molecule has 0 radical (unpaired) electrons. The van der Waals surface area contributed by atoms with Crippen LogP contribution in [0.15, 0.2) is 29.2 Å². The van der Waals surface area contributed by atoms with Crippen molar-refractivity contribution in [2.45, 2.75) is 55.1 Å². The van der Waals surface area contributed by atoms with Gasteiger partial charge in [-0.15, -0.1) is 11.8 Å². The number of benzene rings is 1. The Morgan fingerprint density at radius 3 is 2.70 bits per heavy atom. The van der Waals surface area contributed by atoms with Gasteiger partial charge in [0.15, 0.2) is 0 Å². The van der Waals surface area contributed by atoms with Crippen LogP contribution in [0.25, 0.3) is 0 Å². The number of hydrogen-bond acceptors (Lipinski definition) is 4. The fourth-order valence-corrected chi connectivity index (χ4v) is 4.27. The summed E-state index contributed by atoms with van der Waals surface area (Å²) in [6.07, 6.45) is 7.01. The van der Waals surface area contributed by atoms with Gasteiger partial charge in [-0.25, -0.2) is 0 Å². The Hall–Kier alpha value is -1.04. The molecule has 126 valence electrons. The lowest BCUT2D eigenvalue weighted by molar-refractivity contribution is -0.0246. The molecule has 1 spiro atoms. The van der Waals surface area contributed by atoms with E-state index in [1.807, 2.05) is 24.3 Å². The molecule has 1 heterocycles. The van der Waals surface area contributed by atoms with Crippen LogP contribution in [0.3, 0.4) is 0 Å². The maximum Gasteiger partial charge on any atom is 0.251 e. The average Bonchev–Trinajstić information content (AvgIpc) is 2.96. The van der Waals surface area contributed by atoms with E-state index in [-0.39, 0.29) is 24.2 Å². The third-order valence-corrected chi connectivity index (χ3v) is 5.78. The number of carbonyl (C=O) groups is 1. The highest BCUT2D eigenvalue weighted by Gasteiger charge is 2.41. The topological polar surface area (TPSA) is 58.6 Å². The molecule has 3 rings (SSSR count). The van der Waals surface area contributed by atoms with Crippen molar-refractivity contribution < 1.29 is 14.6 Å². The fraction of sp³-hybridized carbons (Fsp3) is 0.611. The lowest BCUT2D eigenvalue weighted by Crippen LogP contribution is -2.37. The molecule has 1 aromatic carbocycles. The van der Waals surface area contributed by atoms with Gasteiger partial charge in [-0.05, 0) is 43.5 Å². The fourth-order valence-electron chi connectivity index (χ4n) is 3.62. The van der Waals surface area contributed by atoms with Gasteiger partial charge in [0.05, 0.1) is 24.9 Å². The molecule has 1 amide bonds. The van der Waals surface area contributed by atoms with Gasteiger partial charge in [-0.1, -0.05) is 19.3 Å². The largest absolute Gasteiger partial charge is 0.396 e. The van der Waals surface area contributed by atoms with Gasteiger partial charge >= 0.3 is 0 Å². The molecule has 4 nitrogen and oxygen atoms in total. The van der Waals surface area contributed by atoms with E-state index < -0.39 is 0 Å². The van der Waals surface area contributed by atoms with E-state index >= 15 is 0 Å². The van der Waals surface area contributed by atoms with Crippen LogP contribution in [0, 0.1) is 0 Å². The van der Waals surface area contributed by atoms with Crippen LogP contribution in [-0.2, 0) is 4.74 Å². The molecule has 1 aliphatic heterocycles. The van der Waals surface area contributed by atoms with Crippen LogP contribution in [0.5, 0.6) is 0 Å². The highest BCUT2D eigenvalue weighted by atomic mass is 32.2. The van der Waals surface area contributed by atoms with Gasteiger partial charge in [0.1, 0.15) is 0 Å². The van der Waals surface area contributed by atoms with Gasteiger partial charge in [0.25, 0.3) is 5.91 Å². The smallest absolute Gasteiger partial charge is 0.251 e. The number of ether oxygens (including phenoxy) is 1. The number of aliphatic hydroxyl groups is 1. The minimum absolute atomic E-state index is 0.0230. The Morgan fingerprint density at radius 1 is 1.26 bits per heavy atom. The van der Waals surface area contributed by atoms with Crippen LogP contribution in [0.2, 0.25) is 0 Å². The predicted molar refractivity (Wildman–Crippen MR) is 91.9 cm³/mol. The highest BCUT2D eigenvalue weighted by molar-refractivity contribution is 7.99. The molecule has 1 aromatic rings. The summed E-state index contributed by atoms with van der Waals surface area (Å²) < 4.78 is 6.05. The zero-order chi connectivity index (χ0) is 16.1. The number of nitrogens with one attached hydrogen (secondary N) is 1. The van der Waals surface area contributed by atoms with Gasteiger partial charge in [-0.2, -0.15) is 0 Å². The minimum Gasteiger partial charge on any atom is -0.396 e. The number of aliphatic hydroxyl groups excluding tert-OH is 1. The molecular formula is C18H25NO3S. The van der Waals surface area contributed by atoms with E-state index in [0.717, 1.165) is 24.2 Å². The molecular weight excluding hydrogens is 310 g/mol. The first-order valence-corrected chi connectivity index (χ1v) is 9.48. The van der Waals surface area contributed by atoms with Gasteiger partial charge < -0.3 is 15.2 Å². The minimum atomic E-state index is -0.0230. The first-order chi connectivity index (χ1) is 11.2. The number of amides is 1. The van der Waals surface area contributed by atoms with E-state index in [0.29, 0.717) is 17.9 Å². The van der Waals surface area contributed by atoms with Crippen molar-refractivity contribution in [2.75, 3.05) is 19.0 Å². The van der Waals surface area contributed by atoms with Crippen LogP contribution in [0.4, 0.5) is 0 Å². The second kappa shape index (κ2) is 7.69. The Kier molecular flexibility index (Phi) is 5.62. The number of carbonyl (C=O) groups excluding carboxylic acids is 1. The standard InChI is InChI=1S/C18H25NO3S/c20-10-11-23-16-6-4-14(5-7-16)17(21)19-15-12-18(22-13-15)8-2-1-3-9-18/h4-7,15,20H,1-3,8-13H2,(H,19,21). The third-order valence-electron chi connectivity index (χ3n) is 4.79. The zero-order valence-electron chi connectivity index (χ0n) is 13.4. The first-order valence-electron chi connectivity index (χ1n) is 8.49. The SMILES string of the molecule is O=C(NC1COC2(CCCCC2)C1)c1ccc(SCCO)cc1. The van der Waals surface area contributed by atoms with Crippen molar-refractivity contribution in [3.05, 3.63) is 29.8 Å². The molecule has 1 unspecified atom stereocenters. The van der Waals surface area contributed by atoms with Crippen LogP contribution >= 0.6 is 11.8 Å². The van der Waals surface area contributed by atoms with Crippen molar-refractivity contribution in [2.24, 2.45) is 0 Å². The molecule has 1 saturated heterocycles. The second-order valence-electron chi connectivity index (χ2n) is 6.53. The lowest BCUT2D eigenvalue weighted by atomic mass is 9.82. The summed E-state index contributed by atoms with van der Waals surface area (Å²) in [6, 6.07) is 7.69.